The third kappa shape index (κ3) is 5.86. The van der Waals surface area contributed by atoms with Gasteiger partial charge in [0.1, 0.15) is 12.4 Å². The molecule has 1 aliphatic rings. The lowest BCUT2D eigenvalue weighted by molar-refractivity contribution is -0.116. The van der Waals surface area contributed by atoms with Crippen molar-refractivity contribution >= 4 is 28.3 Å². The van der Waals surface area contributed by atoms with Gasteiger partial charge in [-0.2, -0.15) is 0 Å². The minimum Gasteiger partial charge on any atom is -0.489 e. The Morgan fingerprint density at radius 2 is 1.78 bits per heavy atom. The predicted octanol–water partition coefficient (Wildman–Crippen LogP) is 4.55. The van der Waals surface area contributed by atoms with Gasteiger partial charge in [-0.3, -0.25) is 9.59 Å². The highest BCUT2D eigenvalue weighted by Gasteiger charge is 2.16. The van der Waals surface area contributed by atoms with Gasteiger partial charge in [0.05, 0.1) is 11.8 Å². The first-order chi connectivity index (χ1) is 15.7. The molecule has 2 N–H and O–H groups in total. The van der Waals surface area contributed by atoms with Gasteiger partial charge in [0.25, 0.3) is 5.91 Å². The number of amides is 2. The molecular formula is C26H28N2O4. The first-order valence-corrected chi connectivity index (χ1v) is 11.1. The molecule has 32 heavy (non-hydrogen) atoms. The van der Waals surface area contributed by atoms with Crippen LogP contribution < -0.4 is 15.4 Å². The van der Waals surface area contributed by atoms with Crippen LogP contribution in [0.15, 0.2) is 66.7 Å². The Hall–Kier alpha value is -3.38. The quantitative estimate of drug-likeness (QED) is 0.548. The fourth-order valence-corrected chi connectivity index (χ4v) is 3.75. The van der Waals surface area contributed by atoms with E-state index in [0.29, 0.717) is 23.6 Å². The third-order valence-corrected chi connectivity index (χ3v) is 5.51. The van der Waals surface area contributed by atoms with Gasteiger partial charge >= 0.3 is 0 Å². The highest BCUT2D eigenvalue weighted by molar-refractivity contribution is 5.99. The average Bonchev–Trinajstić information content (AvgIpc) is 2.83. The summed E-state index contributed by atoms with van der Waals surface area (Å²) in [6.07, 6.45) is 3.50. The zero-order chi connectivity index (χ0) is 22.2. The molecule has 1 heterocycles. The summed E-state index contributed by atoms with van der Waals surface area (Å²) in [4.78, 5) is 24.9. The highest BCUT2D eigenvalue weighted by Crippen LogP contribution is 2.25. The minimum absolute atomic E-state index is 0.0952. The Labute approximate surface area is 187 Å². The molecule has 0 aromatic heterocycles. The van der Waals surface area contributed by atoms with Crippen molar-refractivity contribution < 1.29 is 19.1 Å². The Balaban J connectivity index is 1.26. The Kier molecular flexibility index (Phi) is 7.35. The summed E-state index contributed by atoms with van der Waals surface area (Å²) >= 11 is 0. The number of hydrogen-bond donors (Lipinski definition) is 2. The van der Waals surface area contributed by atoms with Crippen LogP contribution in [0.3, 0.4) is 0 Å². The van der Waals surface area contributed by atoms with E-state index in [1.165, 1.54) is 0 Å². The standard InChI is InChI=1S/C26H28N2O4/c29-25(14-15-27-26(30)21-13-12-19-7-1-2-8-20(19)17-21)28-23-10-3-4-11-24(23)32-18-22-9-5-6-16-31-22/h1-4,7-8,10-13,17,22H,5-6,9,14-16,18H2,(H,27,30)(H,28,29). The predicted molar refractivity (Wildman–Crippen MR) is 125 cm³/mol. The largest absolute Gasteiger partial charge is 0.489 e. The lowest BCUT2D eigenvalue weighted by Gasteiger charge is -2.23. The zero-order valence-electron chi connectivity index (χ0n) is 18.0. The molecule has 1 unspecified atom stereocenters. The van der Waals surface area contributed by atoms with Gasteiger partial charge in [-0.15, -0.1) is 0 Å². The van der Waals surface area contributed by atoms with E-state index < -0.39 is 0 Å². The zero-order valence-corrected chi connectivity index (χ0v) is 18.0. The highest BCUT2D eigenvalue weighted by atomic mass is 16.5. The smallest absolute Gasteiger partial charge is 0.251 e. The molecule has 6 nitrogen and oxygen atoms in total. The van der Waals surface area contributed by atoms with Crippen LogP contribution in [0.5, 0.6) is 5.75 Å². The van der Waals surface area contributed by atoms with Crippen molar-refractivity contribution in [2.45, 2.75) is 31.8 Å². The maximum Gasteiger partial charge on any atom is 0.251 e. The minimum atomic E-state index is -0.195. The number of fused-ring (bicyclic) bond motifs is 1. The molecular weight excluding hydrogens is 404 g/mol. The van der Waals surface area contributed by atoms with Gasteiger partial charge < -0.3 is 20.1 Å². The normalized spacial score (nSPS) is 15.8. The number of benzene rings is 3. The number of carbonyl (C=O) groups is 2. The number of carbonyl (C=O) groups excluding carboxylic acids is 2. The number of rotatable bonds is 8. The van der Waals surface area contributed by atoms with E-state index in [9.17, 15) is 9.59 Å². The van der Waals surface area contributed by atoms with Crippen molar-refractivity contribution in [1.29, 1.82) is 0 Å². The summed E-state index contributed by atoms with van der Waals surface area (Å²) in [5.74, 6) is 0.240. The van der Waals surface area contributed by atoms with E-state index >= 15 is 0 Å². The molecule has 1 fully saturated rings. The van der Waals surface area contributed by atoms with E-state index in [1.807, 2.05) is 60.7 Å². The SMILES string of the molecule is O=C(CCNC(=O)c1ccc2ccccc2c1)Nc1ccccc1OCC1CCCCO1. The van der Waals surface area contributed by atoms with Crippen molar-refractivity contribution in [2.24, 2.45) is 0 Å². The topological polar surface area (TPSA) is 76.7 Å². The second kappa shape index (κ2) is 10.8. The maximum absolute atomic E-state index is 12.4. The molecule has 3 aromatic rings. The summed E-state index contributed by atoms with van der Waals surface area (Å²) in [5.41, 5.74) is 1.20. The summed E-state index contributed by atoms with van der Waals surface area (Å²) in [5, 5.41) is 7.79. The summed E-state index contributed by atoms with van der Waals surface area (Å²) in [6, 6.07) is 20.8. The molecule has 4 rings (SSSR count). The first kappa shape index (κ1) is 21.8. The first-order valence-electron chi connectivity index (χ1n) is 11.1. The molecule has 0 aliphatic carbocycles. The third-order valence-electron chi connectivity index (χ3n) is 5.51. The van der Waals surface area contributed by atoms with E-state index in [2.05, 4.69) is 10.6 Å². The lowest BCUT2D eigenvalue weighted by atomic mass is 10.1. The van der Waals surface area contributed by atoms with Crippen molar-refractivity contribution in [3.63, 3.8) is 0 Å². The number of anilines is 1. The maximum atomic E-state index is 12.4. The van der Waals surface area contributed by atoms with Crippen LogP contribution in [0, 0.1) is 0 Å². The molecule has 1 atom stereocenters. The van der Waals surface area contributed by atoms with Crippen LogP contribution in [-0.2, 0) is 9.53 Å². The summed E-state index contributed by atoms with van der Waals surface area (Å²) in [7, 11) is 0. The van der Waals surface area contributed by atoms with Crippen LogP contribution in [0.2, 0.25) is 0 Å². The van der Waals surface area contributed by atoms with Crippen LogP contribution in [0.4, 0.5) is 5.69 Å². The molecule has 0 radical (unpaired) electrons. The number of hydrogen-bond acceptors (Lipinski definition) is 4. The Morgan fingerprint density at radius 1 is 0.969 bits per heavy atom. The molecule has 2 amide bonds. The van der Waals surface area contributed by atoms with Crippen molar-refractivity contribution in [2.75, 3.05) is 25.1 Å². The van der Waals surface area contributed by atoms with Crippen LogP contribution in [0.25, 0.3) is 10.8 Å². The van der Waals surface area contributed by atoms with E-state index in [0.717, 1.165) is 36.6 Å². The fourth-order valence-electron chi connectivity index (χ4n) is 3.75. The van der Waals surface area contributed by atoms with Gasteiger partial charge in [-0.1, -0.05) is 42.5 Å². The van der Waals surface area contributed by atoms with Gasteiger partial charge in [0, 0.05) is 25.1 Å². The summed E-state index contributed by atoms with van der Waals surface area (Å²) < 4.78 is 11.6. The van der Waals surface area contributed by atoms with Gasteiger partial charge in [0.15, 0.2) is 0 Å². The van der Waals surface area contributed by atoms with E-state index in [-0.39, 0.29) is 30.9 Å². The van der Waals surface area contributed by atoms with Crippen LogP contribution in [-0.4, -0.2) is 37.7 Å². The number of nitrogens with one attached hydrogen (secondary N) is 2. The molecule has 166 valence electrons. The van der Waals surface area contributed by atoms with E-state index in [4.69, 9.17) is 9.47 Å². The Morgan fingerprint density at radius 3 is 2.62 bits per heavy atom. The van der Waals surface area contributed by atoms with Gasteiger partial charge in [-0.25, -0.2) is 0 Å². The molecule has 1 saturated heterocycles. The van der Waals surface area contributed by atoms with Crippen LogP contribution >= 0.6 is 0 Å². The van der Waals surface area contributed by atoms with Crippen molar-refractivity contribution in [1.82, 2.24) is 5.32 Å². The monoisotopic (exact) mass is 432 g/mol. The van der Waals surface area contributed by atoms with Gasteiger partial charge in [-0.05, 0) is 54.3 Å². The molecule has 6 heteroatoms. The average molecular weight is 433 g/mol. The molecule has 0 spiro atoms. The second-order valence-corrected chi connectivity index (χ2v) is 7.91. The second-order valence-electron chi connectivity index (χ2n) is 7.91. The molecule has 0 saturated carbocycles. The van der Waals surface area contributed by atoms with Crippen LogP contribution in [0.1, 0.15) is 36.0 Å². The molecule has 0 bridgehead atoms. The van der Waals surface area contributed by atoms with E-state index in [1.54, 1.807) is 6.07 Å². The molecule has 1 aliphatic heterocycles. The van der Waals surface area contributed by atoms with Crippen molar-refractivity contribution in [3.05, 3.63) is 72.3 Å². The van der Waals surface area contributed by atoms with Crippen molar-refractivity contribution in [3.8, 4) is 5.75 Å². The van der Waals surface area contributed by atoms with Gasteiger partial charge in [0.2, 0.25) is 5.91 Å². The number of para-hydroxylation sites is 2. The Bertz CT molecular complexity index is 1080. The summed E-state index contributed by atoms with van der Waals surface area (Å²) in [6.45, 7) is 1.49. The number of ether oxygens (including phenoxy) is 2. The fraction of sp³-hybridized carbons (Fsp3) is 0.308. The lowest BCUT2D eigenvalue weighted by Crippen LogP contribution is -2.28. The molecule has 3 aromatic carbocycles.